The zero-order valence-electron chi connectivity index (χ0n) is 9.85. The van der Waals surface area contributed by atoms with Crippen LogP contribution in [-0.4, -0.2) is 10.7 Å². The van der Waals surface area contributed by atoms with Crippen LogP contribution in [0, 0.1) is 11.3 Å². The molecule has 0 fully saturated rings. The number of thioether (sulfide) groups is 1. The van der Waals surface area contributed by atoms with E-state index in [4.69, 9.17) is 5.26 Å². The van der Waals surface area contributed by atoms with Crippen molar-refractivity contribution in [2.75, 3.05) is 5.75 Å². The van der Waals surface area contributed by atoms with Gasteiger partial charge in [-0.15, -0.1) is 11.8 Å². The molecule has 1 aromatic carbocycles. The summed E-state index contributed by atoms with van der Waals surface area (Å²) in [6.07, 6.45) is 0. The van der Waals surface area contributed by atoms with Gasteiger partial charge in [-0.05, 0) is 30.0 Å². The van der Waals surface area contributed by atoms with Gasteiger partial charge in [-0.3, -0.25) is 0 Å². The minimum Gasteiger partial charge on any atom is -0.240 e. The van der Waals surface area contributed by atoms with Crippen molar-refractivity contribution in [3.8, 4) is 17.3 Å². The molecule has 1 heterocycles. The van der Waals surface area contributed by atoms with Gasteiger partial charge in [0.05, 0.1) is 11.3 Å². The highest BCUT2D eigenvalue weighted by atomic mass is 79.9. The van der Waals surface area contributed by atoms with E-state index >= 15 is 0 Å². The number of pyridine rings is 1. The molecule has 0 unspecified atom stereocenters. The zero-order valence-corrected chi connectivity index (χ0v) is 12.3. The molecule has 0 aliphatic carbocycles. The van der Waals surface area contributed by atoms with Crippen LogP contribution >= 0.6 is 27.7 Å². The summed E-state index contributed by atoms with van der Waals surface area (Å²) in [5.41, 5.74) is 2.60. The molecule has 0 spiro atoms. The smallest absolute Gasteiger partial charge is 0.114 e. The Labute approximate surface area is 119 Å². The molecule has 0 amide bonds. The highest BCUT2D eigenvalue weighted by Crippen LogP contribution is 2.25. The van der Waals surface area contributed by atoms with Crippen molar-refractivity contribution in [2.45, 2.75) is 11.9 Å². The molecule has 2 aromatic rings. The van der Waals surface area contributed by atoms with E-state index in [0.717, 1.165) is 26.5 Å². The van der Waals surface area contributed by atoms with Gasteiger partial charge < -0.3 is 0 Å². The molecule has 0 saturated heterocycles. The molecule has 90 valence electrons. The third-order valence-corrected chi connectivity index (χ3v) is 3.80. The lowest BCUT2D eigenvalue weighted by molar-refractivity contribution is 1.12. The first-order valence-corrected chi connectivity index (χ1v) is 7.32. The summed E-state index contributed by atoms with van der Waals surface area (Å²) in [7, 11) is 0. The Kier molecular flexibility index (Phi) is 4.40. The first-order valence-electron chi connectivity index (χ1n) is 5.54. The summed E-state index contributed by atoms with van der Waals surface area (Å²) in [6, 6.07) is 13.9. The van der Waals surface area contributed by atoms with E-state index < -0.39 is 0 Å². The second-order valence-corrected chi connectivity index (χ2v) is 5.77. The van der Waals surface area contributed by atoms with E-state index in [1.165, 1.54) is 0 Å². The first kappa shape index (κ1) is 13.1. The highest BCUT2D eigenvalue weighted by molar-refractivity contribution is 9.10. The predicted octanol–water partition coefficient (Wildman–Crippen LogP) is 4.49. The molecule has 0 aliphatic heterocycles. The van der Waals surface area contributed by atoms with Crippen LogP contribution < -0.4 is 0 Å². The fourth-order valence-corrected chi connectivity index (χ4v) is 2.52. The average Bonchev–Trinajstić information content (AvgIpc) is 2.40. The van der Waals surface area contributed by atoms with Gasteiger partial charge in [0.1, 0.15) is 11.1 Å². The largest absolute Gasteiger partial charge is 0.240 e. The molecule has 2 rings (SSSR count). The number of aromatic nitrogens is 1. The van der Waals surface area contributed by atoms with Crippen LogP contribution in [0.2, 0.25) is 0 Å². The number of hydrogen-bond acceptors (Lipinski definition) is 3. The van der Waals surface area contributed by atoms with Crippen molar-refractivity contribution in [2.24, 2.45) is 0 Å². The molecule has 0 radical (unpaired) electrons. The third-order valence-electron chi connectivity index (χ3n) is 2.40. The van der Waals surface area contributed by atoms with Crippen LogP contribution in [0.25, 0.3) is 11.3 Å². The van der Waals surface area contributed by atoms with Crippen molar-refractivity contribution in [1.29, 1.82) is 5.26 Å². The quantitative estimate of drug-likeness (QED) is 0.782. The predicted molar refractivity (Wildman–Crippen MR) is 78.5 cm³/mol. The topological polar surface area (TPSA) is 36.7 Å². The zero-order chi connectivity index (χ0) is 13.0. The molecular weight excluding hydrogens is 308 g/mol. The molecule has 18 heavy (non-hydrogen) atoms. The van der Waals surface area contributed by atoms with E-state index in [9.17, 15) is 0 Å². The molecule has 0 atom stereocenters. The minimum atomic E-state index is 0.641. The Bertz CT molecular complexity index is 588. The van der Waals surface area contributed by atoms with Gasteiger partial charge in [-0.25, -0.2) is 4.98 Å². The standard InChI is InChI=1S/C14H11BrN2S/c1-2-18-14-11(9-16)5-8-13(17-14)10-3-6-12(15)7-4-10/h3-8H,2H2,1H3. The van der Waals surface area contributed by atoms with Gasteiger partial charge in [-0.1, -0.05) is 35.0 Å². The summed E-state index contributed by atoms with van der Waals surface area (Å²) in [5, 5.41) is 9.84. The Morgan fingerprint density at radius 1 is 1.22 bits per heavy atom. The third kappa shape index (κ3) is 2.92. The van der Waals surface area contributed by atoms with Gasteiger partial charge in [0, 0.05) is 10.0 Å². The lowest BCUT2D eigenvalue weighted by Crippen LogP contribution is -1.91. The Hall–Kier alpha value is -1.31. The summed E-state index contributed by atoms with van der Waals surface area (Å²) in [6.45, 7) is 2.06. The van der Waals surface area contributed by atoms with E-state index in [0.29, 0.717) is 5.56 Å². The number of nitrogens with zero attached hydrogens (tertiary/aromatic N) is 2. The molecule has 0 bridgehead atoms. The van der Waals surface area contributed by atoms with E-state index in [1.807, 2.05) is 36.4 Å². The maximum atomic E-state index is 9.03. The Morgan fingerprint density at radius 3 is 2.56 bits per heavy atom. The second kappa shape index (κ2) is 6.03. The lowest BCUT2D eigenvalue weighted by atomic mass is 10.1. The average molecular weight is 319 g/mol. The van der Waals surface area contributed by atoms with Crippen LogP contribution in [0.1, 0.15) is 12.5 Å². The van der Waals surface area contributed by atoms with Gasteiger partial charge in [0.2, 0.25) is 0 Å². The maximum absolute atomic E-state index is 9.03. The van der Waals surface area contributed by atoms with Crippen LogP contribution in [0.15, 0.2) is 45.9 Å². The van der Waals surface area contributed by atoms with Crippen LogP contribution in [-0.2, 0) is 0 Å². The Morgan fingerprint density at radius 2 is 1.94 bits per heavy atom. The monoisotopic (exact) mass is 318 g/mol. The highest BCUT2D eigenvalue weighted by Gasteiger charge is 2.06. The molecule has 1 aromatic heterocycles. The van der Waals surface area contributed by atoms with Gasteiger partial charge in [0.25, 0.3) is 0 Å². The number of rotatable bonds is 3. The second-order valence-electron chi connectivity index (χ2n) is 3.60. The molecule has 0 aliphatic rings. The van der Waals surface area contributed by atoms with E-state index in [2.05, 4.69) is 33.9 Å². The maximum Gasteiger partial charge on any atom is 0.114 e. The van der Waals surface area contributed by atoms with Gasteiger partial charge in [-0.2, -0.15) is 5.26 Å². The first-order chi connectivity index (χ1) is 8.74. The van der Waals surface area contributed by atoms with Crippen molar-refractivity contribution >= 4 is 27.7 Å². The van der Waals surface area contributed by atoms with Crippen molar-refractivity contribution in [3.05, 3.63) is 46.4 Å². The van der Waals surface area contributed by atoms with E-state index in [-0.39, 0.29) is 0 Å². The summed E-state index contributed by atoms with van der Waals surface area (Å²) < 4.78 is 1.04. The number of hydrogen-bond donors (Lipinski definition) is 0. The normalized spacial score (nSPS) is 10.1. The lowest BCUT2D eigenvalue weighted by Gasteiger charge is -2.05. The van der Waals surface area contributed by atoms with Crippen LogP contribution in [0.3, 0.4) is 0 Å². The van der Waals surface area contributed by atoms with Crippen LogP contribution in [0.4, 0.5) is 0 Å². The van der Waals surface area contributed by atoms with Crippen molar-refractivity contribution in [3.63, 3.8) is 0 Å². The Balaban J connectivity index is 2.43. The minimum absolute atomic E-state index is 0.641. The van der Waals surface area contributed by atoms with Crippen LogP contribution in [0.5, 0.6) is 0 Å². The summed E-state index contributed by atoms with van der Waals surface area (Å²) in [5.74, 6) is 0.908. The molecule has 0 N–H and O–H groups in total. The van der Waals surface area contributed by atoms with Crippen molar-refractivity contribution in [1.82, 2.24) is 4.98 Å². The number of benzene rings is 1. The fraction of sp³-hybridized carbons (Fsp3) is 0.143. The SMILES string of the molecule is CCSc1nc(-c2ccc(Br)cc2)ccc1C#N. The summed E-state index contributed by atoms with van der Waals surface area (Å²) >= 11 is 5.01. The van der Waals surface area contributed by atoms with E-state index in [1.54, 1.807) is 11.8 Å². The molecular formula is C14H11BrN2S. The van der Waals surface area contributed by atoms with Gasteiger partial charge >= 0.3 is 0 Å². The molecule has 0 saturated carbocycles. The summed E-state index contributed by atoms with van der Waals surface area (Å²) in [4.78, 5) is 4.56. The van der Waals surface area contributed by atoms with Crippen molar-refractivity contribution < 1.29 is 0 Å². The molecule has 2 nitrogen and oxygen atoms in total. The number of nitriles is 1. The molecule has 4 heteroatoms. The van der Waals surface area contributed by atoms with Gasteiger partial charge in [0.15, 0.2) is 0 Å². The fourth-order valence-electron chi connectivity index (χ4n) is 1.55. The number of halogens is 1.